The largest absolute Gasteiger partial charge is 0.354 e. The molecule has 0 fully saturated rings. The molecule has 1 heterocycles. The first-order valence-corrected chi connectivity index (χ1v) is 7.58. The quantitative estimate of drug-likeness (QED) is 0.661. The van der Waals surface area contributed by atoms with Crippen molar-refractivity contribution in [1.82, 2.24) is 20.2 Å². The van der Waals surface area contributed by atoms with Gasteiger partial charge in [0.15, 0.2) is 0 Å². The van der Waals surface area contributed by atoms with Crippen LogP contribution in [0.3, 0.4) is 0 Å². The van der Waals surface area contributed by atoms with Crippen LogP contribution in [0.5, 0.6) is 0 Å². The molecule has 0 saturated carbocycles. The van der Waals surface area contributed by atoms with E-state index in [1.807, 2.05) is 12.4 Å². The van der Waals surface area contributed by atoms with Crippen LogP contribution < -0.4 is 10.2 Å². The van der Waals surface area contributed by atoms with Gasteiger partial charge in [-0.15, -0.1) is 0 Å². The summed E-state index contributed by atoms with van der Waals surface area (Å²) >= 11 is 0. The lowest BCUT2D eigenvalue weighted by atomic mass is 10.3. The maximum absolute atomic E-state index is 4.72. The van der Waals surface area contributed by atoms with Crippen LogP contribution in [0.25, 0.3) is 0 Å². The van der Waals surface area contributed by atoms with E-state index in [1.165, 1.54) is 0 Å². The zero-order chi connectivity index (χ0) is 14.8. The molecule has 0 aliphatic rings. The number of nitrogens with zero attached hydrogens (tertiary/aromatic N) is 4. The van der Waals surface area contributed by atoms with E-state index >= 15 is 0 Å². The van der Waals surface area contributed by atoms with Gasteiger partial charge in [-0.2, -0.15) is 0 Å². The molecule has 1 aromatic heterocycles. The summed E-state index contributed by atoms with van der Waals surface area (Å²) in [5.74, 6) is 0.990. The highest BCUT2D eigenvalue weighted by molar-refractivity contribution is 5.36. The Balaban J connectivity index is 2.66. The summed E-state index contributed by atoms with van der Waals surface area (Å²) in [6.45, 7) is 9.21. The predicted octanol–water partition coefficient (Wildman–Crippen LogP) is 1.75. The van der Waals surface area contributed by atoms with Gasteiger partial charge in [-0.25, -0.2) is 4.98 Å². The zero-order valence-electron chi connectivity index (χ0n) is 13.4. The van der Waals surface area contributed by atoms with Crippen molar-refractivity contribution in [2.24, 2.45) is 0 Å². The van der Waals surface area contributed by atoms with Crippen molar-refractivity contribution in [2.75, 3.05) is 45.2 Å². The minimum atomic E-state index is 0.794. The third kappa shape index (κ3) is 6.30. The fraction of sp³-hybridized carbons (Fsp3) is 0.733. The van der Waals surface area contributed by atoms with E-state index in [4.69, 9.17) is 4.98 Å². The highest BCUT2D eigenvalue weighted by Gasteiger charge is 2.08. The van der Waals surface area contributed by atoms with Gasteiger partial charge in [0.25, 0.3) is 0 Å². The standard InChI is InChI=1S/C15H29N5/c1-5-7-16-11-14-12-17-13-15(18-14)20(8-6-2)10-9-19(3)4/h12-13,16H,5-11H2,1-4H3. The van der Waals surface area contributed by atoms with Crippen molar-refractivity contribution < 1.29 is 0 Å². The Labute approximate surface area is 123 Å². The van der Waals surface area contributed by atoms with Gasteiger partial charge in [0, 0.05) is 32.4 Å². The average Bonchev–Trinajstić information content (AvgIpc) is 2.44. The summed E-state index contributed by atoms with van der Waals surface area (Å²) in [5, 5.41) is 3.37. The monoisotopic (exact) mass is 279 g/mol. The maximum Gasteiger partial charge on any atom is 0.147 e. The third-order valence-corrected chi connectivity index (χ3v) is 3.04. The fourth-order valence-corrected chi connectivity index (χ4v) is 1.96. The molecule has 0 aromatic carbocycles. The Morgan fingerprint density at radius 1 is 1.05 bits per heavy atom. The first-order valence-electron chi connectivity index (χ1n) is 7.58. The number of hydrogen-bond acceptors (Lipinski definition) is 5. The molecule has 0 unspecified atom stereocenters. The zero-order valence-corrected chi connectivity index (χ0v) is 13.4. The van der Waals surface area contributed by atoms with E-state index in [0.29, 0.717) is 0 Å². The lowest BCUT2D eigenvalue weighted by Crippen LogP contribution is -2.33. The van der Waals surface area contributed by atoms with Gasteiger partial charge in [0.05, 0.1) is 11.9 Å². The number of hydrogen-bond donors (Lipinski definition) is 1. The summed E-state index contributed by atoms with van der Waals surface area (Å²) in [7, 11) is 4.20. The maximum atomic E-state index is 4.72. The minimum Gasteiger partial charge on any atom is -0.354 e. The van der Waals surface area contributed by atoms with Crippen molar-refractivity contribution in [2.45, 2.75) is 33.2 Å². The predicted molar refractivity (Wildman–Crippen MR) is 85.1 cm³/mol. The van der Waals surface area contributed by atoms with Gasteiger partial charge in [0.1, 0.15) is 5.82 Å². The molecule has 0 aliphatic heterocycles. The van der Waals surface area contributed by atoms with Crippen molar-refractivity contribution in [3.63, 3.8) is 0 Å². The van der Waals surface area contributed by atoms with Gasteiger partial charge < -0.3 is 15.1 Å². The minimum absolute atomic E-state index is 0.794. The smallest absolute Gasteiger partial charge is 0.147 e. The van der Waals surface area contributed by atoms with E-state index < -0.39 is 0 Å². The second-order valence-corrected chi connectivity index (χ2v) is 5.34. The van der Waals surface area contributed by atoms with Crippen molar-refractivity contribution >= 4 is 5.82 Å². The van der Waals surface area contributed by atoms with E-state index in [2.05, 4.69) is 48.0 Å². The molecule has 0 radical (unpaired) electrons. The fourth-order valence-electron chi connectivity index (χ4n) is 1.96. The van der Waals surface area contributed by atoms with E-state index in [-0.39, 0.29) is 0 Å². The molecule has 114 valence electrons. The van der Waals surface area contributed by atoms with Crippen LogP contribution in [0.15, 0.2) is 12.4 Å². The van der Waals surface area contributed by atoms with Crippen LogP contribution in [-0.2, 0) is 6.54 Å². The van der Waals surface area contributed by atoms with Gasteiger partial charge in [-0.3, -0.25) is 4.98 Å². The highest BCUT2D eigenvalue weighted by atomic mass is 15.2. The SMILES string of the molecule is CCCNCc1cncc(N(CCC)CCN(C)C)n1. The molecular formula is C15H29N5. The second-order valence-electron chi connectivity index (χ2n) is 5.34. The Bertz CT molecular complexity index is 367. The summed E-state index contributed by atoms with van der Waals surface area (Å²) in [6.07, 6.45) is 5.97. The Hall–Kier alpha value is -1.20. The van der Waals surface area contributed by atoms with Gasteiger partial charge in [-0.05, 0) is 33.5 Å². The van der Waals surface area contributed by atoms with E-state index in [0.717, 1.165) is 57.1 Å². The highest BCUT2D eigenvalue weighted by Crippen LogP contribution is 2.10. The molecule has 0 amide bonds. The van der Waals surface area contributed by atoms with Crippen LogP contribution in [-0.4, -0.2) is 55.1 Å². The van der Waals surface area contributed by atoms with Crippen LogP contribution in [0, 0.1) is 0 Å². The van der Waals surface area contributed by atoms with Crippen LogP contribution >= 0.6 is 0 Å². The third-order valence-electron chi connectivity index (χ3n) is 3.04. The molecule has 0 spiro atoms. The second kappa shape index (κ2) is 9.66. The lowest BCUT2D eigenvalue weighted by Gasteiger charge is -2.25. The summed E-state index contributed by atoms with van der Waals surface area (Å²) in [4.78, 5) is 13.6. The molecule has 5 nitrogen and oxygen atoms in total. The molecular weight excluding hydrogens is 250 g/mol. The molecule has 5 heteroatoms. The van der Waals surface area contributed by atoms with Gasteiger partial charge in [-0.1, -0.05) is 13.8 Å². The van der Waals surface area contributed by atoms with E-state index in [1.54, 1.807) is 0 Å². The molecule has 1 rings (SSSR count). The van der Waals surface area contributed by atoms with Gasteiger partial charge >= 0.3 is 0 Å². The number of aromatic nitrogens is 2. The lowest BCUT2D eigenvalue weighted by molar-refractivity contribution is 0.412. The van der Waals surface area contributed by atoms with Gasteiger partial charge in [0.2, 0.25) is 0 Å². The van der Waals surface area contributed by atoms with E-state index in [9.17, 15) is 0 Å². The Morgan fingerprint density at radius 3 is 2.50 bits per heavy atom. The normalized spacial score (nSPS) is 11.1. The molecule has 20 heavy (non-hydrogen) atoms. The summed E-state index contributed by atoms with van der Waals surface area (Å²) in [6, 6.07) is 0. The van der Waals surface area contributed by atoms with Crippen LogP contribution in [0.1, 0.15) is 32.4 Å². The number of rotatable bonds is 10. The average molecular weight is 279 g/mol. The van der Waals surface area contributed by atoms with Crippen LogP contribution in [0.4, 0.5) is 5.82 Å². The Morgan fingerprint density at radius 2 is 1.85 bits per heavy atom. The molecule has 0 saturated heterocycles. The van der Waals surface area contributed by atoms with Crippen molar-refractivity contribution in [1.29, 1.82) is 0 Å². The number of likely N-dealkylation sites (N-methyl/N-ethyl adjacent to an activating group) is 1. The summed E-state index contributed by atoms with van der Waals surface area (Å²) in [5.41, 5.74) is 1.02. The first-order chi connectivity index (χ1) is 9.67. The molecule has 0 atom stereocenters. The number of nitrogens with one attached hydrogen (secondary N) is 1. The molecule has 0 bridgehead atoms. The molecule has 1 aromatic rings. The number of anilines is 1. The molecule has 0 aliphatic carbocycles. The molecule has 1 N–H and O–H groups in total. The summed E-state index contributed by atoms with van der Waals surface area (Å²) < 4.78 is 0. The van der Waals surface area contributed by atoms with Crippen LogP contribution in [0.2, 0.25) is 0 Å². The van der Waals surface area contributed by atoms with Crippen molar-refractivity contribution in [3.05, 3.63) is 18.1 Å². The first kappa shape index (κ1) is 16.9. The van der Waals surface area contributed by atoms with Crippen molar-refractivity contribution in [3.8, 4) is 0 Å². The topological polar surface area (TPSA) is 44.3 Å². The Kier molecular flexibility index (Phi) is 8.14.